The van der Waals surface area contributed by atoms with Gasteiger partial charge in [0, 0.05) is 5.02 Å². The number of benzene rings is 3. The van der Waals surface area contributed by atoms with Gasteiger partial charge in [0.05, 0.1) is 6.21 Å². The van der Waals surface area contributed by atoms with Gasteiger partial charge < -0.3 is 13.9 Å². The van der Waals surface area contributed by atoms with E-state index in [9.17, 15) is 4.79 Å². The quantitative estimate of drug-likeness (QED) is 0.285. The molecular formula is C25H21ClN2O4. The van der Waals surface area contributed by atoms with Gasteiger partial charge in [0.25, 0.3) is 5.91 Å². The van der Waals surface area contributed by atoms with Crippen LogP contribution in [0, 0.1) is 6.92 Å². The lowest BCUT2D eigenvalue weighted by Crippen LogP contribution is -2.24. The smallest absolute Gasteiger partial charge is 0.277 e. The molecule has 0 radical (unpaired) electrons. The molecule has 6 nitrogen and oxygen atoms in total. The summed E-state index contributed by atoms with van der Waals surface area (Å²) >= 11 is 6.02. The molecule has 1 heterocycles. The van der Waals surface area contributed by atoms with Crippen LogP contribution in [-0.2, 0) is 11.4 Å². The highest BCUT2D eigenvalue weighted by Gasteiger charge is 2.05. The molecule has 0 fully saturated rings. The maximum Gasteiger partial charge on any atom is 0.277 e. The lowest BCUT2D eigenvalue weighted by Gasteiger charge is -2.06. The van der Waals surface area contributed by atoms with Gasteiger partial charge in [0.1, 0.15) is 29.6 Å². The Morgan fingerprint density at radius 3 is 2.62 bits per heavy atom. The summed E-state index contributed by atoms with van der Waals surface area (Å²) in [5.41, 5.74) is 3.36. The zero-order valence-electron chi connectivity index (χ0n) is 17.4. The molecule has 0 saturated carbocycles. The van der Waals surface area contributed by atoms with Crippen LogP contribution < -0.4 is 14.9 Å². The van der Waals surface area contributed by atoms with E-state index in [0.717, 1.165) is 16.3 Å². The summed E-state index contributed by atoms with van der Waals surface area (Å²) in [7, 11) is 0. The SMILES string of the molecule is Cc1cc(OCc2ccc(C=NNC(=O)COc3ccc4ccccc4c3)o2)ccc1Cl. The number of hydrazone groups is 1. The summed E-state index contributed by atoms with van der Waals surface area (Å²) in [5, 5.41) is 6.76. The molecule has 0 saturated heterocycles. The van der Waals surface area contributed by atoms with Crippen LogP contribution in [0.25, 0.3) is 10.8 Å². The Morgan fingerprint density at radius 1 is 1.00 bits per heavy atom. The van der Waals surface area contributed by atoms with Crippen LogP contribution in [0.4, 0.5) is 0 Å². The number of fused-ring (bicyclic) bond motifs is 1. The topological polar surface area (TPSA) is 73.1 Å². The summed E-state index contributed by atoms with van der Waals surface area (Å²) in [5.74, 6) is 2.07. The minimum absolute atomic E-state index is 0.145. The first kappa shape index (κ1) is 21.5. The fourth-order valence-corrected chi connectivity index (χ4v) is 3.13. The Kier molecular flexibility index (Phi) is 6.72. The highest BCUT2D eigenvalue weighted by molar-refractivity contribution is 6.31. The normalized spacial score (nSPS) is 11.1. The van der Waals surface area contributed by atoms with Crippen molar-refractivity contribution < 1.29 is 18.7 Å². The van der Waals surface area contributed by atoms with Crippen LogP contribution in [0.5, 0.6) is 11.5 Å². The number of amides is 1. The maximum atomic E-state index is 12.0. The second kappa shape index (κ2) is 10.0. The molecule has 0 aliphatic rings. The Bertz CT molecular complexity index is 1270. The van der Waals surface area contributed by atoms with Crippen LogP contribution in [0.3, 0.4) is 0 Å². The van der Waals surface area contributed by atoms with Crippen molar-refractivity contribution in [3.05, 3.63) is 94.9 Å². The minimum atomic E-state index is -0.373. The molecule has 0 unspecified atom stereocenters. The van der Waals surface area contributed by atoms with Gasteiger partial charge in [-0.25, -0.2) is 5.43 Å². The van der Waals surface area contributed by atoms with E-state index in [1.807, 2.05) is 55.5 Å². The number of halogens is 1. The summed E-state index contributed by atoms with van der Waals surface area (Å²) in [4.78, 5) is 12.0. The van der Waals surface area contributed by atoms with Crippen molar-refractivity contribution in [2.75, 3.05) is 6.61 Å². The fraction of sp³-hybridized carbons (Fsp3) is 0.120. The molecule has 4 rings (SSSR count). The van der Waals surface area contributed by atoms with Gasteiger partial charge in [0.2, 0.25) is 0 Å². The van der Waals surface area contributed by atoms with E-state index in [0.29, 0.717) is 28.0 Å². The highest BCUT2D eigenvalue weighted by Crippen LogP contribution is 2.22. The van der Waals surface area contributed by atoms with Gasteiger partial charge in [0.15, 0.2) is 6.61 Å². The third-order valence-electron chi connectivity index (χ3n) is 4.66. The molecule has 1 amide bonds. The van der Waals surface area contributed by atoms with E-state index in [1.54, 1.807) is 24.3 Å². The Morgan fingerprint density at radius 2 is 1.78 bits per heavy atom. The molecular weight excluding hydrogens is 428 g/mol. The molecule has 0 aliphatic heterocycles. The van der Waals surface area contributed by atoms with Crippen molar-refractivity contribution in [3.8, 4) is 11.5 Å². The van der Waals surface area contributed by atoms with Crippen LogP contribution >= 0.6 is 11.6 Å². The van der Waals surface area contributed by atoms with E-state index in [4.69, 9.17) is 25.5 Å². The molecule has 3 aromatic carbocycles. The number of nitrogens with one attached hydrogen (secondary N) is 1. The summed E-state index contributed by atoms with van der Waals surface area (Å²) < 4.78 is 16.9. The molecule has 7 heteroatoms. The minimum Gasteiger partial charge on any atom is -0.486 e. The number of ether oxygens (including phenoxy) is 2. The third kappa shape index (κ3) is 5.68. The second-order valence-electron chi connectivity index (χ2n) is 7.09. The van der Waals surface area contributed by atoms with Crippen LogP contribution in [0.2, 0.25) is 5.02 Å². The fourth-order valence-electron chi connectivity index (χ4n) is 3.01. The molecule has 32 heavy (non-hydrogen) atoms. The second-order valence-corrected chi connectivity index (χ2v) is 7.50. The molecule has 0 bridgehead atoms. The summed E-state index contributed by atoms with van der Waals surface area (Å²) in [6, 6.07) is 22.6. The first-order valence-corrected chi connectivity index (χ1v) is 10.4. The maximum absolute atomic E-state index is 12.0. The Labute approximate surface area is 190 Å². The van der Waals surface area contributed by atoms with E-state index < -0.39 is 0 Å². The highest BCUT2D eigenvalue weighted by atomic mass is 35.5. The van der Waals surface area contributed by atoms with Crippen molar-refractivity contribution >= 4 is 34.5 Å². The van der Waals surface area contributed by atoms with Gasteiger partial charge in [-0.15, -0.1) is 0 Å². The van der Waals surface area contributed by atoms with Crippen molar-refractivity contribution in [2.45, 2.75) is 13.5 Å². The number of carbonyl (C=O) groups excluding carboxylic acids is 1. The van der Waals surface area contributed by atoms with E-state index in [2.05, 4.69) is 10.5 Å². The molecule has 0 aliphatic carbocycles. The standard InChI is InChI=1S/C25H21ClN2O4/c1-17-12-20(10-11-24(17)26)30-15-23-9-8-22(32-23)14-27-28-25(29)16-31-21-7-6-18-4-2-3-5-19(18)13-21/h2-14H,15-16H2,1H3,(H,28,29). The van der Waals surface area contributed by atoms with Crippen molar-refractivity contribution in [2.24, 2.45) is 5.10 Å². The lowest BCUT2D eigenvalue weighted by atomic mass is 10.1. The Hall–Kier alpha value is -3.77. The van der Waals surface area contributed by atoms with Crippen LogP contribution in [0.15, 0.2) is 82.3 Å². The number of rotatable bonds is 8. The van der Waals surface area contributed by atoms with Crippen LogP contribution in [0.1, 0.15) is 17.1 Å². The average molecular weight is 449 g/mol. The van der Waals surface area contributed by atoms with Gasteiger partial charge in [-0.2, -0.15) is 5.10 Å². The van der Waals surface area contributed by atoms with Gasteiger partial charge in [-0.3, -0.25) is 4.79 Å². The molecule has 1 N–H and O–H groups in total. The Balaban J connectivity index is 1.23. The van der Waals surface area contributed by atoms with Crippen LogP contribution in [-0.4, -0.2) is 18.7 Å². The number of furan rings is 1. The van der Waals surface area contributed by atoms with Gasteiger partial charge in [-0.1, -0.05) is 41.9 Å². The predicted molar refractivity (Wildman–Crippen MR) is 124 cm³/mol. The van der Waals surface area contributed by atoms with E-state index in [1.165, 1.54) is 6.21 Å². The first-order valence-electron chi connectivity index (χ1n) is 9.98. The largest absolute Gasteiger partial charge is 0.486 e. The van der Waals surface area contributed by atoms with Gasteiger partial charge in [-0.05, 0) is 65.7 Å². The number of hydrogen-bond donors (Lipinski definition) is 1. The van der Waals surface area contributed by atoms with E-state index in [-0.39, 0.29) is 19.1 Å². The predicted octanol–water partition coefficient (Wildman–Crippen LogP) is 5.50. The number of nitrogens with zero attached hydrogens (tertiary/aromatic N) is 1. The monoisotopic (exact) mass is 448 g/mol. The third-order valence-corrected chi connectivity index (χ3v) is 5.09. The van der Waals surface area contributed by atoms with Crippen molar-refractivity contribution in [1.82, 2.24) is 5.43 Å². The number of carbonyl (C=O) groups is 1. The van der Waals surface area contributed by atoms with E-state index >= 15 is 0 Å². The zero-order chi connectivity index (χ0) is 22.3. The summed E-state index contributed by atoms with van der Waals surface area (Å²) in [6.07, 6.45) is 1.42. The molecule has 0 atom stereocenters. The lowest BCUT2D eigenvalue weighted by molar-refractivity contribution is -0.123. The average Bonchev–Trinajstić information content (AvgIpc) is 3.26. The first-order chi connectivity index (χ1) is 15.6. The van der Waals surface area contributed by atoms with Gasteiger partial charge >= 0.3 is 0 Å². The molecule has 162 valence electrons. The van der Waals surface area contributed by atoms with Crippen molar-refractivity contribution in [1.29, 1.82) is 0 Å². The molecule has 0 spiro atoms. The number of hydrogen-bond acceptors (Lipinski definition) is 5. The molecule has 4 aromatic rings. The number of aryl methyl sites for hydroxylation is 1. The zero-order valence-corrected chi connectivity index (χ0v) is 18.1. The van der Waals surface area contributed by atoms with Crippen molar-refractivity contribution in [3.63, 3.8) is 0 Å². The summed E-state index contributed by atoms with van der Waals surface area (Å²) in [6.45, 7) is 2.03. The molecule has 1 aromatic heterocycles.